The highest BCUT2D eigenvalue weighted by atomic mass is 16.6. The first-order valence-electron chi connectivity index (χ1n) is 4.29. The van der Waals surface area contributed by atoms with E-state index in [1.165, 1.54) is 0 Å². The van der Waals surface area contributed by atoms with Gasteiger partial charge in [0, 0.05) is 15.8 Å². The Kier molecular flexibility index (Phi) is 2.46. The van der Waals surface area contributed by atoms with Crippen molar-refractivity contribution in [2.75, 3.05) is 0 Å². The molecule has 0 bridgehead atoms. The summed E-state index contributed by atoms with van der Waals surface area (Å²) in [6.45, 7) is 0. The molecule has 0 aliphatic rings. The zero-order valence-corrected chi connectivity index (χ0v) is 8.37. The fourth-order valence-corrected chi connectivity index (χ4v) is 1.34. The van der Waals surface area contributed by atoms with Crippen molar-refractivity contribution in [3.05, 3.63) is 43.1 Å². The van der Waals surface area contributed by atoms with Gasteiger partial charge >= 0.3 is 10.9 Å². The molecule has 0 aliphatic heterocycles. The number of fused-ring (bicyclic) bond motifs is 1. The van der Waals surface area contributed by atoms with Crippen LogP contribution in [0.1, 0.15) is 0 Å². The van der Waals surface area contributed by atoms with Crippen LogP contribution in [0.5, 0.6) is 0 Å². The molecule has 18 heavy (non-hydrogen) atoms. The van der Waals surface area contributed by atoms with Crippen molar-refractivity contribution in [3.63, 3.8) is 0 Å². The molecule has 0 atom stereocenters. The van der Waals surface area contributed by atoms with E-state index in [0.717, 1.165) is 12.1 Å². The fraction of sp³-hybridized carbons (Fsp3) is 0. The standard InChI is InChI=1S/C6H2N8O4/c7-10-8-3-1-2-4-5(6(3)13(16)17)9-14(18)11-12(4)15/h1-2H. The second kappa shape index (κ2) is 3.95. The van der Waals surface area contributed by atoms with Crippen molar-refractivity contribution in [2.24, 2.45) is 5.11 Å². The third kappa shape index (κ3) is 1.64. The lowest BCUT2D eigenvalue weighted by atomic mass is 10.2. The SMILES string of the molecule is [N-]=[N+]=Nc1ccc2c(n[n+]([O-])n[n+]2[O-])c1[N+](=O)[O-]. The van der Waals surface area contributed by atoms with Gasteiger partial charge in [-0.2, -0.15) is 0 Å². The van der Waals surface area contributed by atoms with Crippen LogP contribution in [0.25, 0.3) is 21.5 Å². The summed E-state index contributed by atoms with van der Waals surface area (Å²) in [7, 11) is 0. The van der Waals surface area contributed by atoms with E-state index in [9.17, 15) is 20.5 Å². The van der Waals surface area contributed by atoms with Gasteiger partial charge in [0.15, 0.2) is 0 Å². The zero-order chi connectivity index (χ0) is 13.3. The molecular formula is C6H2N8O4. The highest BCUT2D eigenvalue weighted by Gasteiger charge is 2.27. The number of rotatable bonds is 2. The predicted octanol–water partition coefficient (Wildman–Crippen LogP) is -0.253. The number of hydrogen-bond donors (Lipinski definition) is 0. The average molecular weight is 250 g/mol. The molecule has 0 spiro atoms. The monoisotopic (exact) mass is 250 g/mol. The van der Waals surface area contributed by atoms with Crippen LogP contribution in [0.4, 0.5) is 11.4 Å². The number of hydrogen-bond acceptors (Lipinski definition) is 7. The van der Waals surface area contributed by atoms with Crippen LogP contribution in [0, 0.1) is 20.5 Å². The number of azide groups is 1. The summed E-state index contributed by atoms with van der Waals surface area (Å²) in [6, 6.07) is 2.17. The molecule has 1 aromatic heterocycles. The molecule has 0 N–H and O–H groups in total. The largest absolute Gasteiger partial charge is 0.590 e. The minimum Gasteiger partial charge on any atom is -0.590 e. The molecule has 0 saturated heterocycles. The summed E-state index contributed by atoms with van der Waals surface area (Å²) in [5, 5.41) is 42.2. The molecule has 1 aromatic carbocycles. The van der Waals surface area contributed by atoms with Gasteiger partial charge in [0.1, 0.15) is 10.6 Å². The highest BCUT2D eigenvalue weighted by molar-refractivity contribution is 5.87. The first kappa shape index (κ1) is 11.2. The number of nitrogens with zero attached hydrogens (tertiary/aromatic N) is 8. The molecule has 1 heterocycles. The summed E-state index contributed by atoms with van der Waals surface area (Å²) in [4.78, 5) is 11.9. The molecule has 12 nitrogen and oxygen atoms in total. The van der Waals surface area contributed by atoms with E-state index < -0.39 is 16.1 Å². The van der Waals surface area contributed by atoms with Crippen LogP contribution in [-0.4, -0.2) is 15.2 Å². The van der Waals surface area contributed by atoms with Gasteiger partial charge < -0.3 is 10.4 Å². The van der Waals surface area contributed by atoms with Crippen molar-refractivity contribution in [1.29, 1.82) is 0 Å². The summed E-state index contributed by atoms with van der Waals surface area (Å²) in [5.74, 6) is 0. The predicted molar refractivity (Wildman–Crippen MR) is 52.9 cm³/mol. The van der Waals surface area contributed by atoms with Crippen molar-refractivity contribution < 1.29 is 14.7 Å². The molecule has 0 radical (unpaired) electrons. The van der Waals surface area contributed by atoms with Gasteiger partial charge in [-0.3, -0.25) is 10.1 Å². The van der Waals surface area contributed by atoms with Crippen LogP contribution in [0.3, 0.4) is 0 Å². The maximum absolute atomic E-state index is 11.3. The Balaban J connectivity index is 2.98. The Morgan fingerprint density at radius 1 is 1.44 bits per heavy atom. The second-order valence-corrected chi connectivity index (χ2v) is 2.96. The van der Waals surface area contributed by atoms with Gasteiger partial charge in [0.25, 0.3) is 11.0 Å². The van der Waals surface area contributed by atoms with E-state index >= 15 is 0 Å². The molecule has 90 valence electrons. The van der Waals surface area contributed by atoms with E-state index in [-0.39, 0.29) is 21.0 Å². The topological polar surface area (TPSA) is 172 Å². The van der Waals surface area contributed by atoms with Gasteiger partial charge in [-0.15, -0.1) is 0 Å². The highest BCUT2D eigenvalue weighted by Crippen LogP contribution is 2.32. The molecule has 12 heteroatoms. The van der Waals surface area contributed by atoms with Crippen molar-refractivity contribution in [2.45, 2.75) is 0 Å². The van der Waals surface area contributed by atoms with Crippen molar-refractivity contribution >= 4 is 22.4 Å². The lowest BCUT2D eigenvalue weighted by Crippen LogP contribution is -2.50. The average Bonchev–Trinajstić information content (AvgIpc) is 2.27. The number of aromatic nitrogens is 4. The van der Waals surface area contributed by atoms with Gasteiger partial charge in [0.05, 0.1) is 10.0 Å². The third-order valence-electron chi connectivity index (χ3n) is 1.99. The Labute approximate surface area is 96.6 Å². The maximum atomic E-state index is 11.3. The van der Waals surface area contributed by atoms with Crippen molar-refractivity contribution in [3.8, 4) is 0 Å². The Morgan fingerprint density at radius 3 is 2.78 bits per heavy atom. The molecule has 0 unspecified atom stereocenters. The number of nitro groups is 1. The molecule has 0 fully saturated rings. The van der Waals surface area contributed by atoms with E-state index in [1.54, 1.807) is 0 Å². The van der Waals surface area contributed by atoms with E-state index in [2.05, 4.69) is 20.3 Å². The lowest BCUT2D eigenvalue weighted by molar-refractivity contribution is -0.863. The Hall–Kier alpha value is -3.27. The third-order valence-corrected chi connectivity index (χ3v) is 1.99. The van der Waals surface area contributed by atoms with E-state index in [0.29, 0.717) is 0 Å². The van der Waals surface area contributed by atoms with Crippen LogP contribution >= 0.6 is 0 Å². The number of benzene rings is 1. The summed E-state index contributed by atoms with van der Waals surface area (Å²) < 4.78 is 0. The number of nitro benzene ring substituents is 1. The normalized spacial score (nSPS) is 10.0. The van der Waals surface area contributed by atoms with Crippen LogP contribution in [-0.2, 0) is 0 Å². The molecule has 0 amide bonds. The van der Waals surface area contributed by atoms with Gasteiger partial charge in [0.2, 0.25) is 0 Å². The smallest absolute Gasteiger partial charge is 0.326 e. The molecular weight excluding hydrogens is 248 g/mol. The fourth-order valence-electron chi connectivity index (χ4n) is 1.34. The minimum atomic E-state index is -0.903. The zero-order valence-electron chi connectivity index (χ0n) is 8.37. The van der Waals surface area contributed by atoms with Crippen LogP contribution in [0.15, 0.2) is 17.2 Å². The minimum absolute atomic E-state index is 0.109. The maximum Gasteiger partial charge on any atom is 0.326 e. The van der Waals surface area contributed by atoms with Gasteiger partial charge in [-0.1, -0.05) is 5.11 Å². The first-order valence-corrected chi connectivity index (χ1v) is 4.29. The first-order chi connectivity index (χ1) is 8.54. The molecule has 2 aromatic rings. The molecule has 2 rings (SSSR count). The van der Waals surface area contributed by atoms with Crippen molar-refractivity contribution in [1.82, 2.24) is 10.3 Å². The second-order valence-electron chi connectivity index (χ2n) is 2.96. The van der Waals surface area contributed by atoms with E-state index in [4.69, 9.17) is 5.53 Å². The summed E-state index contributed by atoms with van der Waals surface area (Å²) >= 11 is 0. The van der Waals surface area contributed by atoms with Gasteiger partial charge in [-0.05, 0) is 11.6 Å². The Bertz CT molecular complexity index is 708. The van der Waals surface area contributed by atoms with Gasteiger partial charge in [-0.25, -0.2) is 0 Å². The quantitative estimate of drug-likeness (QED) is 0.135. The van der Waals surface area contributed by atoms with Crippen LogP contribution in [0.2, 0.25) is 0 Å². The summed E-state index contributed by atoms with van der Waals surface area (Å²) in [5.41, 5.74) is 6.39. The van der Waals surface area contributed by atoms with E-state index in [1.807, 2.05) is 0 Å². The summed E-state index contributed by atoms with van der Waals surface area (Å²) in [6.07, 6.45) is 0. The Morgan fingerprint density at radius 2 is 2.17 bits per heavy atom. The molecule has 0 aliphatic carbocycles. The van der Waals surface area contributed by atoms with Crippen LogP contribution < -0.4 is 9.80 Å². The lowest BCUT2D eigenvalue weighted by Gasteiger charge is -1.98. The molecule has 0 saturated carbocycles.